The SMILES string of the molecule is COCCNCc1cc(Cl)c(OCc2ccc(C)cc2)c(OC)c1.Cl. The Bertz CT molecular complexity index is 648. The van der Waals surface area contributed by atoms with Crippen molar-refractivity contribution in [2.45, 2.75) is 20.1 Å². The minimum absolute atomic E-state index is 0. The zero-order valence-corrected chi connectivity index (χ0v) is 16.4. The van der Waals surface area contributed by atoms with Gasteiger partial charge in [0.2, 0.25) is 0 Å². The number of benzene rings is 2. The monoisotopic (exact) mass is 385 g/mol. The predicted molar refractivity (Wildman–Crippen MR) is 104 cm³/mol. The van der Waals surface area contributed by atoms with E-state index in [1.807, 2.05) is 24.3 Å². The average molecular weight is 386 g/mol. The summed E-state index contributed by atoms with van der Waals surface area (Å²) >= 11 is 6.39. The first-order chi connectivity index (χ1) is 11.6. The van der Waals surface area contributed by atoms with Crippen LogP contribution in [0.1, 0.15) is 16.7 Å². The van der Waals surface area contributed by atoms with Gasteiger partial charge in [0.25, 0.3) is 0 Å². The van der Waals surface area contributed by atoms with Crippen LogP contribution in [0, 0.1) is 6.92 Å². The summed E-state index contributed by atoms with van der Waals surface area (Å²) in [5.41, 5.74) is 3.35. The highest BCUT2D eigenvalue weighted by Crippen LogP contribution is 2.37. The quantitative estimate of drug-likeness (QED) is 0.649. The van der Waals surface area contributed by atoms with Gasteiger partial charge in [-0.05, 0) is 30.2 Å². The van der Waals surface area contributed by atoms with Gasteiger partial charge < -0.3 is 19.5 Å². The van der Waals surface area contributed by atoms with Crippen LogP contribution in [0.5, 0.6) is 11.5 Å². The Labute approximate surface area is 160 Å². The standard InChI is InChI=1S/C19H24ClNO3.ClH/c1-14-4-6-15(7-5-14)13-24-19-17(20)10-16(11-18(19)23-3)12-21-8-9-22-2;/h4-7,10-11,21H,8-9,12-13H2,1-3H3;1H. The lowest BCUT2D eigenvalue weighted by molar-refractivity contribution is 0.199. The summed E-state index contributed by atoms with van der Waals surface area (Å²) < 4.78 is 16.3. The number of hydrogen-bond donors (Lipinski definition) is 1. The minimum Gasteiger partial charge on any atom is -0.493 e. The second kappa shape index (κ2) is 11.2. The van der Waals surface area contributed by atoms with Gasteiger partial charge in [-0.3, -0.25) is 0 Å². The van der Waals surface area contributed by atoms with Gasteiger partial charge in [0.1, 0.15) is 6.61 Å². The molecular weight excluding hydrogens is 361 g/mol. The lowest BCUT2D eigenvalue weighted by atomic mass is 10.1. The van der Waals surface area contributed by atoms with Crippen molar-refractivity contribution >= 4 is 24.0 Å². The topological polar surface area (TPSA) is 39.7 Å². The summed E-state index contributed by atoms with van der Waals surface area (Å²) in [6.45, 7) is 4.65. The van der Waals surface area contributed by atoms with Gasteiger partial charge in [-0.1, -0.05) is 41.4 Å². The molecule has 1 N–H and O–H groups in total. The fraction of sp³-hybridized carbons (Fsp3) is 0.368. The summed E-state index contributed by atoms with van der Waals surface area (Å²) in [5.74, 6) is 1.21. The fourth-order valence-corrected chi connectivity index (χ4v) is 2.55. The molecule has 0 bridgehead atoms. The molecule has 0 heterocycles. The molecule has 0 aliphatic heterocycles. The number of nitrogens with one attached hydrogen (secondary N) is 1. The summed E-state index contributed by atoms with van der Waals surface area (Å²) in [4.78, 5) is 0. The Balaban J connectivity index is 0.00000312. The summed E-state index contributed by atoms with van der Waals surface area (Å²) in [6.07, 6.45) is 0. The first-order valence-electron chi connectivity index (χ1n) is 7.88. The number of aryl methyl sites for hydroxylation is 1. The van der Waals surface area contributed by atoms with E-state index in [1.165, 1.54) is 5.56 Å². The Hall–Kier alpha value is -1.46. The smallest absolute Gasteiger partial charge is 0.180 e. The Morgan fingerprint density at radius 2 is 1.76 bits per heavy atom. The Morgan fingerprint density at radius 1 is 1.04 bits per heavy atom. The molecule has 2 aromatic carbocycles. The van der Waals surface area contributed by atoms with Crippen LogP contribution in [-0.2, 0) is 17.9 Å². The predicted octanol–water partition coefficient (Wildman–Crippen LogP) is 4.39. The van der Waals surface area contributed by atoms with Crippen molar-refractivity contribution in [2.24, 2.45) is 0 Å². The molecule has 0 saturated heterocycles. The summed E-state index contributed by atoms with van der Waals surface area (Å²) in [7, 11) is 3.30. The van der Waals surface area contributed by atoms with Crippen molar-refractivity contribution in [3.05, 3.63) is 58.1 Å². The molecule has 0 atom stereocenters. The van der Waals surface area contributed by atoms with Crippen LogP contribution in [0.25, 0.3) is 0 Å². The molecular formula is C19H25Cl2NO3. The molecule has 138 valence electrons. The van der Waals surface area contributed by atoms with Gasteiger partial charge in [0.05, 0.1) is 18.7 Å². The van der Waals surface area contributed by atoms with Crippen molar-refractivity contribution in [3.63, 3.8) is 0 Å². The van der Waals surface area contributed by atoms with E-state index in [0.29, 0.717) is 36.3 Å². The van der Waals surface area contributed by atoms with E-state index in [1.54, 1.807) is 14.2 Å². The third-order valence-corrected chi connectivity index (χ3v) is 3.89. The lowest BCUT2D eigenvalue weighted by Crippen LogP contribution is -2.18. The van der Waals surface area contributed by atoms with E-state index in [2.05, 4.69) is 24.4 Å². The maximum absolute atomic E-state index is 6.39. The van der Waals surface area contributed by atoms with E-state index in [0.717, 1.165) is 17.7 Å². The second-order valence-corrected chi connectivity index (χ2v) is 5.96. The molecule has 0 spiro atoms. The Morgan fingerprint density at radius 3 is 2.40 bits per heavy atom. The van der Waals surface area contributed by atoms with Crippen LogP contribution in [0.2, 0.25) is 5.02 Å². The Kier molecular flexibility index (Phi) is 9.68. The number of rotatable bonds is 9. The number of hydrogen-bond acceptors (Lipinski definition) is 4. The van der Waals surface area contributed by atoms with E-state index < -0.39 is 0 Å². The van der Waals surface area contributed by atoms with Gasteiger partial charge in [0.15, 0.2) is 11.5 Å². The maximum Gasteiger partial charge on any atom is 0.180 e. The van der Waals surface area contributed by atoms with Crippen molar-refractivity contribution in [3.8, 4) is 11.5 Å². The molecule has 0 amide bonds. The van der Waals surface area contributed by atoms with E-state index in [4.69, 9.17) is 25.8 Å². The molecule has 2 rings (SSSR count). The lowest BCUT2D eigenvalue weighted by Gasteiger charge is -2.15. The minimum atomic E-state index is 0. The molecule has 25 heavy (non-hydrogen) atoms. The van der Waals surface area contributed by atoms with Gasteiger partial charge in [-0.25, -0.2) is 0 Å². The van der Waals surface area contributed by atoms with E-state index >= 15 is 0 Å². The van der Waals surface area contributed by atoms with Crippen molar-refractivity contribution < 1.29 is 14.2 Å². The fourth-order valence-electron chi connectivity index (χ4n) is 2.26. The molecule has 2 aromatic rings. The van der Waals surface area contributed by atoms with Crippen LogP contribution >= 0.6 is 24.0 Å². The largest absolute Gasteiger partial charge is 0.493 e. The number of methoxy groups -OCH3 is 2. The summed E-state index contributed by atoms with van der Waals surface area (Å²) in [5, 5.41) is 3.83. The highest BCUT2D eigenvalue weighted by atomic mass is 35.5. The first kappa shape index (κ1) is 21.6. The molecule has 4 nitrogen and oxygen atoms in total. The number of halogens is 2. The van der Waals surface area contributed by atoms with Gasteiger partial charge in [0, 0.05) is 20.2 Å². The molecule has 0 aromatic heterocycles. The van der Waals surface area contributed by atoms with Crippen molar-refractivity contribution in [1.82, 2.24) is 5.32 Å². The van der Waals surface area contributed by atoms with Crippen LogP contribution < -0.4 is 14.8 Å². The van der Waals surface area contributed by atoms with Crippen LogP contribution in [-0.4, -0.2) is 27.4 Å². The van der Waals surface area contributed by atoms with Crippen LogP contribution in [0.4, 0.5) is 0 Å². The highest BCUT2D eigenvalue weighted by molar-refractivity contribution is 6.32. The third-order valence-electron chi connectivity index (χ3n) is 3.61. The van der Waals surface area contributed by atoms with Gasteiger partial charge in [-0.2, -0.15) is 0 Å². The average Bonchev–Trinajstić information content (AvgIpc) is 2.59. The second-order valence-electron chi connectivity index (χ2n) is 5.55. The van der Waals surface area contributed by atoms with Gasteiger partial charge in [-0.15, -0.1) is 12.4 Å². The maximum atomic E-state index is 6.39. The molecule has 0 radical (unpaired) electrons. The zero-order chi connectivity index (χ0) is 17.4. The van der Waals surface area contributed by atoms with Crippen molar-refractivity contribution in [2.75, 3.05) is 27.4 Å². The zero-order valence-electron chi connectivity index (χ0n) is 14.8. The molecule has 0 saturated carbocycles. The third kappa shape index (κ3) is 6.75. The molecule has 0 aliphatic carbocycles. The number of ether oxygens (including phenoxy) is 3. The molecule has 0 unspecified atom stereocenters. The van der Waals surface area contributed by atoms with E-state index in [-0.39, 0.29) is 12.4 Å². The van der Waals surface area contributed by atoms with Crippen LogP contribution in [0.3, 0.4) is 0 Å². The first-order valence-corrected chi connectivity index (χ1v) is 8.26. The summed E-state index contributed by atoms with van der Waals surface area (Å²) in [6, 6.07) is 12.1. The normalized spacial score (nSPS) is 10.2. The molecule has 0 aliphatic rings. The molecule has 6 heteroatoms. The van der Waals surface area contributed by atoms with Crippen LogP contribution in [0.15, 0.2) is 36.4 Å². The molecule has 0 fully saturated rings. The van der Waals surface area contributed by atoms with Gasteiger partial charge >= 0.3 is 0 Å². The van der Waals surface area contributed by atoms with Crippen molar-refractivity contribution in [1.29, 1.82) is 0 Å². The van der Waals surface area contributed by atoms with E-state index in [9.17, 15) is 0 Å². The highest BCUT2D eigenvalue weighted by Gasteiger charge is 2.12.